The van der Waals surface area contributed by atoms with Crippen molar-refractivity contribution in [1.29, 1.82) is 0 Å². The summed E-state index contributed by atoms with van der Waals surface area (Å²) >= 11 is 1.48. The van der Waals surface area contributed by atoms with Crippen molar-refractivity contribution >= 4 is 28.7 Å². The summed E-state index contributed by atoms with van der Waals surface area (Å²) in [5, 5.41) is 0.641. The van der Waals surface area contributed by atoms with E-state index in [0.717, 1.165) is 4.90 Å². The van der Waals surface area contributed by atoms with Crippen LogP contribution in [0.25, 0.3) is 11.2 Å². The number of fused-ring (bicyclic) bond motifs is 1. The Morgan fingerprint density at radius 1 is 1.05 bits per heavy atom. The van der Waals surface area contributed by atoms with Crippen LogP contribution in [0.4, 0.5) is 5.82 Å². The monoisotopic (exact) mass is 375 g/mol. The van der Waals surface area contributed by atoms with E-state index in [4.69, 9.17) is 5.73 Å². The second-order valence-corrected chi connectivity index (χ2v) is 4.79. The first kappa shape index (κ1) is 18.1. The molecule has 0 saturated heterocycles. The number of hydrogen-bond acceptors (Lipinski definition) is 5. The van der Waals surface area contributed by atoms with Crippen molar-refractivity contribution in [3.8, 4) is 0 Å². The van der Waals surface area contributed by atoms with Gasteiger partial charge in [-0.1, -0.05) is 43.8 Å². The molecule has 3 aromatic rings. The minimum Gasteiger partial charge on any atom is -0.383 e. The van der Waals surface area contributed by atoms with Crippen LogP contribution in [-0.2, 0) is 32.7 Å². The smallest absolute Gasteiger partial charge is 0.134 e. The zero-order chi connectivity index (χ0) is 14.5. The molecule has 0 aliphatic rings. The van der Waals surface area contributed by atoms with Crippen molar-refractivity contribution in [2.45, 2.75) is 30.8 Å². The predicted octanol–water partition coefficient (Wildman–Crippen LogP) is 3.05. The van der Waals surface area contributed by atoms with Gasteiger partial charge in [0.1, 0.15) is 5.82 Å². The van der Waals surface area contributed by atoms with Crippen LogP contribution in [0.5, 0.6) is 0 Å². The minimum absolute atomic E-state index is 0. The number of anilines is 1. The molecule has 3 rings (SSSR count). The number of nitrogens with zero attached hydrogens (tertiary/aromatic N) is 4. The summed E-state index contributed by atoms with van der Waals surface area (Å²) < 4.78 is 0. The van der Waals surface area contributed by atoms with Crippen LogP contribution in [0.15, 0.2) is 40.4 Å². The molecule has 21 heavy (non-hydrogen) atoms. The first-order valence-corrected chi connectivity index (χ1v) is 7.21. The molecule has 7 heteroatoms. The third kappa shape index (κ3) is 4.49. The van der Waals surface area contributed by atoms with E-state index in [0.29, 0.717) is 28.0 Å². The molecular weight excluding hydrogens is 359 g/mol. The molecule has 2 N–H and O–H groups in total. The van der Waals surface area contributed by atoms with Gasteiger partial charge in [0, 0.05) is 48.8 Å². The fourth-order valence-electron chi connectivity index (χ4n) is 1.61. The molecule has 0 aliphatic carbocycles. The molecule has 2 aromatic heterocycles. The number of benzene rings is 1. The number of nitrogens with two attached hydrogens (primary N) is 1. The maximum atomic E-state index is 5.80. The quantitative estimate of drug-likeness (QED) is 0.742. The number of nitrogen functional groups attached to an aromatic ring is 1. The van der Waals surface area contributed by atoms with E-state index < -0.39 is 0 Å². The standard InChI is InChI=1S/C12H10N5S.C2H6.Y/c1-7-14-10(13)9-11(15-7)17-12(16-9)18-8-5-3-2-4-6-8;1-2;/h2-6H,1H3,(H2-,13,14,15,16,17);1-2H3;/q-1;;. The van der Waals surface area contributed by atoms with Gasteiger partial charge >= 0.3 is 0 Å². The summed E-state index contributed by atoms with van der Waals surface area (Å²) in [7, 11) is 0. The molecule has 107 valence electrons. The molecule has 1 radical (unpaired) electrons. The fraction of sp³-hybridized carbons (Fsp3) is 0.214. The molecule has 0 atom stereocenters. The van der Waals surface area contributed by atoms with Gasteiger partial charge in [-0.05, 0) is 19.1 Å². The first-order valence-electron chi connectivity index (χ1n) is 6.40. The molecule has 5 nitrogen and oxygen atoms in total. The van der Waals surface area contributed by atoms with E-state index in [9.17, 15) is 0 Å². The van der Waals surface area contributed by atoms with E-state index in [1.54, 1.807) is 6.92 Å². The maximum absolute atomic E-state index is 5.80. The topological polar surface area (TPSA) is 78.8 Å². The molecule has 2 heterocycles. The Balaban J connectivity index is 0.000000706. The van der Waals surface area contributed by atoms with E-state index in [-0.39, 0.29) is 32.7 Å². The van der Waals surface area contributed by atoms with Crippen molar-refractivity contribution < 1.29 is 32.7 Å². The second-order valence-electron chi connectivity index (χ2n) is 3.75. The number of rotatable bonds is 2. The van der Waals surface area contributed by atoms with Crippen LogP contribution in [0.2, 0.25) is 0 Å². The predicted molar refractivity (Wildman–Crippen MR) is 81.7 cm³/mol. The molecule has 0 aliphatic heterocycles. The van der Waals surface area contributed by atoms with Gasteiger partial charge in [-0.2, -0.15) is 0 Å². The molecule has 1 aromatic carbocycles. The average Bonchev–Trinajstić information content (AvgIpc) is 2.85. The number of aryl methyl sites for hydroxylation is 1. The zero-order valence-corrected chi connectivity index (χ0v) is 15.9. The maximum Gasteiger partial charge on any atom is 0.134 e. The Morgan fingerprint density at radius 3 is 2.38 bits per heavy atom. The number of hydrogen-bond donors (Lipinski definition) is 1. The summed E-state index contributed by atoms with van der Waals surface area (Å²) in [6.45, 7) is 5.79. The molecule has 0 saturated carbocycles. The molecule has 0 bridgehead atoms. The van der Waals surface area contributed by atoms with Gasteiger partial charge in [0.05, 0.1) is 11.0 Å². The zero-order valence-electron chi connectivity index (χ0n) is 12.2. The van der Waals surface area contributed by atoms with Gasteiger partial charge in [0.25, 0.3) is 0 Å². The summed E-state index contributed by atoms with van der Waals surface area (Å²) in [5.41, 5.74) is 6.92. The van der Waals surface area contributed by atoms with Gasteiger partial charge in [-0.3, -0.25) is 0 Å². The minimum atomic E-state index is 0. The van der Waals surface area contributed by atoms with Crippen molar-refractivity contribution in [3.63, 3.8) is 0 Å². The number of aromatic nitrogens is 4. The van der Waals surface area contributed by atoms with Gasteiger partial charge in [0.2, 0.25) is 0 Å². The van der Waals surface area contributed by atoms with Crippen LogP contribution in [-0.4, -0.2) is 15.0 Å². The van der Waals surface area contributed by atoms with Crippen LogP contribution >= 0.6 is 11.8 Å². The first-order chi connectivity index (χ1) is 9.72. The Morgan fingerprint density at radius 2 is 1.71 bits per heavy atom. The Kier molecular flexibility index (Phi) is 7.28. The summed E-state index contributed by atoms with van der Waals surface area (Å²) in [5.74, 6) is 0.987. The van der Waals surface area contributed by atoms with Crippen LogP contribution in [0.3, 0.4) is 0 Å². The van der Waals surface area contributed by atoms with Crippen LogP contribution in [0, 0.1) is 6.92 Å². The van der Waals surface area contributed by atoms with Crippen LogP contribution < -0.4 is 10.7 Å². The van der Waals surface area contributed by atoms with Crippen molar-refractivity contribution in [1.82, 2.24) is 19.9 Å². The van der Waals surface area contributed by atoms with Gasteiger partial charge < -0.3 is 20.7 Å². The van der Waals surface area contributed by atoms with E-state index in [1.807, 2.05) is 44.2 Å². The second kappa shape index (κ2) is 8.46. The van der Waals surface area contributed by atoms with E-state index >= 15 is 0 Å². The Bertz CT molecular complexity index is 699. The average molecular weight is 375 g/mol. The van der Waals surface area contributed by atoms with Gasteiger partial charge in [0.15, 0.2) is 0 Å². The van der Waals surface area contributed by atoms with E-state index in [1.165, 1.54) is 11.8 Å². The van der Waals surface area contributed by atoms with E-state index in [2.05, 4.69) is 19.9 Å². The number of imidazole rings is 1. The molecule has 0 fully saturated rings. The van der Waals surface area contributed by atoms with Crippen molar-refractivity contribution in [2.24, 2.45) is 0 Å². The summed E-state index contributed by atoms with van der Waals surface area (Å²) in [6, 6.07) is 9.93. The molecule has 0 amide bonds. The fourth-order valence-corrected chi connectivity index (χ4v) is 2.38. The molecule has 0 unspecified atom stereocenters. The normalized spacial score (nSPS) is 9.67. The summed E-state index contributed by atoms with van der Waals surface area (Å²) in [6.07, 6.45) is 0. The van der Waals surface area contributed by atoms with Gasteiger partial charge in [-0.15, -0.1) is 0 Å². The molecule has 0 spiro atoms. The van der Waals surface area contributed by atoms with Gasteiger partial charge in [-0.25, -0.2) is 4.98 Å². The third-order valence-corrected chi connectivity index (χ3v) is 3.24. The Labute approximate surface area is 153 Å². The van der Waals surface area contributed by atoms with Crippen LogP contribution in [0.1, 0.15) is 19.7 Å². The third-order valence-electron chi connectivity index (χ3n) is 2.37. The SMILES string of the molecule is CC.Cc1nc(N)c2nc(Sc3ccccc3)[n-]c2n1.[Y]. The molecular formula is C14H16N5SY-. The summed E-state index contributed by atoms with van der Waals surface area (Å²) in [4.78, 5) is 18.1. The largest absolute Gasteiger partial charge is 0.383 e. The Hall–Kier alpha value is -0.976. The van der Waals surface area contributed by atoms with Crippen molar-refractivity contribution in [2.75, 3.05) is 5.73 Å². The van der Waals surface area contributed by atoms with Crippen molar-refractivity contribution in [3.05, 3.63) is 36.2 Å².